The van der Waals surface area contributed by atoms with Crippen molar-refractivity contribution in [3.8, 4) is 0 Å². The molecule has 0 bridgehead atoms. The average Bonchev–Trinajstić information content (AvgIpc) is 2.42. The van der Waals surface area contributed by atoms with Crippen molar-refractivity contribution in [2.45, 2.75) is 33.2 Å². The van der Waals surface area contributed by atoms with E-state index in [1.807, 2.05) is 6.92 Å². The lowest BCUT2D eigenvalue weighted by molar-refractivity contribution is 0.284. The molecule has 0 radical (unpaired) electrons. The molecule has 1 aliphatic heterocycles. The molecule has 112 valence electrons. The van der Waals surface area contributed by atoms with E-state index >= 15 is 0 Å². The standard InChI is InChI=1S/C15H27N5/c1-11-12(2)17-18-15(14(11)9-16)20-7-5-13(6-8-20)10-19(3)4/h13H,5-10,16H2,1-4H3. The third-order valence-electron chi connectivity index (χ3n) is 4.30. The fourth-order valence-corrected chi connectivity index (χ4v) is 2.99. The van der Waals surface area contributed by atoms with Gasteiger partial charge in [0.1, 0.15) is 0 Å². The van der Waals surface area contributed by atoms with Crippen molar-refractivity contribution in [3.63, 3.8) is 0 Å². The van der Waals surface area contributed by atoms with Crippen LogP contribution in [0.1, 0.15) is 29.7 Å². The SMILES string of the molecule is Cc1nnc(N2CCC(CN(C)C)CC2)c(CN)c1C. The second-order valence-corrected chi connectivity index (χ2v) is 6.11. The Labute approximate surface area is 122 Å². The Balaban J connectivity index is 2.09. The molecule has 0 aromatic carbocycles. The van der Waals surface area contributed by atoms with Crippen LogP contribution in [-0.4, -0.2) is 48.8 Å². The van der Waals surface area contributed by atoms with Crippen molar-refractivity contribution in [2.75, 3.05) is 38.6 Å². The average molecular weight is 277 g/mol. The van der Waals surface area contributed by atoms with Crippen molar-refractivity contribution in [1.29, 1.82) is 0 Å². The van der Waals surface area contributed by atoms with Gasteiger partial charge < -0.3 is 15.5 Å². The molecule has 2 rings (SSSR count). The number of hydrogen-bond acceptors (Lipinski definition) is 5. The highest BCUT2D eigenvalue weighted by molar-refractivity contribution is 5.50. The zero-order valence-electron chi connectivity index (χ0n) is 13.2. The molecule has 20 heavy (non-hydrogen) atoms. The molecule has 1 aromatic rings. The molecule has 2 N–H and O–H groups in total. The largest absolute Gasteiger partial charge is 0.355 e. The third-order valence-corrected chi connectivity index (χ3v) is 4.30. The summed E-state index contributed by atoms with van der Waals surface area (Å²) in [6.07, 6.45) is 2.44. The molecule has 1 saturated heterocycles. The Bertz CT molecular complexity index is 450. The summed E-state index contributed by atoms with van der Waals surface area (Å²) in [6, 6.07) is 0. The van der Waals surface area contributed by atoms with E-state index < -0.39 is 0 Å². The number of piperidine rings is 1. The molecular weight excluding hydrogens is 250 g/mol. The third kappa shape index (κ3) is 3.27. The van der Waals surface area contributed by atoms with Crippen molar-refractivity contribution in [1.82, 2.24) is 15.1 Å². The minimum atomic E-state index is 0.537. The lowest BCUT2D eigenvalue weighted by Crippen LogP contribution is -2.38. The maximum Gasteiger partial charge on any atom is 0.156 e. The van der Waals surface area contributed by atoms with Crippen LogP contribution in [0.3, 0.4) is 0 Å². The molecular formula is C15H27N5. The quantitative estimate of drug-likeness (QED) is 0.900. The summed E-state index contributed by atoms with van der Waals surface area (Å²) in [4.78, 5) is 4.63. The number of aromatic nitrogens is 2. The van der Waals surface area contributed by atoms with Gasteiger partial charge in [0.2, 0.25) is 0 Å². The van der Waals surface area contributed by atoms with Crippen LogP contribution in [0.5, 0.6) is 0 Å². The molecule has 1 aromatic heterocycles. The predicted octanol–water partition coefficient (Wildman–Crippen LogP) is 1.33. The summed E-state index contributed by atoms with van der Waals surface area (Å²) < 4.78 is 0. The minimum Gasteiger partial charge on any atom is -0.355 e. The Morgan fingerprint density at radius 1 is 1.20 bits per heavy atom. The van der Waals surface area contributed by atoms with Gasteiger partial charge in [-0.05, 0) is 52.3 Å². The van der Waals surface area contributed by atoms with Crippen LogP contribution >= 0.6 is 0 Å². The maximum atomic E-state index is 5.92. The maximum absolute atomic E-state index is 5.92. The van der Waals surface area contributed by atoms with Crippen LogP contribution in [0.4, 0.5) is 5.82 Å². The van der Waals surface area contributed by atoms with Gasteiger partial charge in [0.25, 0.3) is 0 Å². The van der Waals surface area contributed by atoms with Crippen LogP contribution < -0.4 is 10.6 Å². The van der Waals surface area contributed by atoms with Crippen molar-refractivity contribution in [3.05, 3.63) is 16.8 Å². The summed E-state index contributed by atoms with van der Waals surface area (Å²) >= 11 is 0. The number of rotatable bonds is 4. The summed E-state index contributed by atoms with van der Waals surface area (Å²) in [5.74, 6) is 1.79. The first-order chi connectivity index (χ1) is 9.52. The molecule has 1 fully saturated rings. The molecule has 2 heterocycles. The van der Waals surface area contributed by atoms with Gasteiger partial charge in [-0.25, -0.2) is 0 Å². The van der Waals surface area contributed by atoms with Crippen LogP contribution in [0.15, 0.2) is 0 Å². The van der Waals surface area contributed by atoms with E-state index in [0.717, 1.165) is 36.1 Å². The normalized spacial score (nSPS) is 17.0. The lowest BCUT2D eigenvalue weighted by Gasteiger charge is -2.34. The van der Waals surface area contributed by atoms with E-state index in [1.54, 1.807) is 0 Å². The van der Waals surface area contributed by atoms with Crippen LogP contribution in [-0.2, 0) is 6.54 Å². The number of aryl methyl sites for hydroxylation is 1. The molecule has 1 aliphatic rings. The highest BCUT2D eigenvalue weighted by Crippen LogP contribution is 2.26. The topological polar surface area (TPSA) is 58.3 Å². The number of anilines is 1. The van der Waals surface area contributed by atoms with Crippen LogP contribution in [0.2, 0.25) is 0 Å². The molecule has 0 aliphatic carbocycles. The monoisotopic (exact) mass is 277 g/mol. The highest BCUT2D eigenvalue weighted by Gasteiger charge is 2.23. The van der Waals surface area contributed by atoms with Crippen LogP contribution in [0.25, 0.3) is 0 Å². The van der Waals surface area contributed by atoms with E-state index in [2.05, 4.69) is 41.0 Å². The van der Waals surface area contributed by atoms with E-state index in [-0.39, 0.29) is 0 Å². The van der Waals surface area contributed by atoms with E-state index in [1.165, 1.54) is 24.9 Å². The fraction of sp³-hybridized carbons (Fsp3) is 0.733. The molecule has 0 atom stereocenters. The lowest BCUT2D eigenvalue weighted by atomic mass is 9.96. The molecule has 0 spiro atoms. The zero-order valence-corrected chi connectivity index (χ0v) is 13.2. The van der Waals surface area contributed by atoms with Gasteiger partial charge in [0, 0.05) is 31.7 Å². The smallest absolute Gasteiger partial charge is 0.156 e. The van der Waals surface area contributed by atoms with E-state index in [4.69, 9.17) is 5.73 Å². The first kappa shape index (κ1) is 15.2. The van der Waals surface area contributed by atoms with Gasteiger partial charge in [0.05, 0.1) is 5.69 Å². The van der Waals surface area contributed by atoms with Crippen molar-refractivity contribution < 1.29 is 0 Å². The number of nitrogens with two attached hydrogens (primary N) is 1. The Morgan fingerprint density at radius 3 is 2.40 bits per heavy atom. The second-order valence-electron chi connectivity index (χ2n) is 6.11. The van der Waals surface area contributed by atoms with Crippen LogP contribution in [0, 0.1) is 19.8 Å². The highest BCUT2D eigenvalue weighted by atomic mass is 15.3. The van der Waals surface area contributed by atoms with Gasteiger partial charge in [-0.3, -0.25) is 0 Å². The fourth-order valence-electron chi connectivity index (χ4n) is 2.99. The number of hydrogen-bond donors (Lipinski definition) is 1. The first-order valence-corrected chi connectivity index (χ1v) is 7.45. The van der Waals surface area contributed by atoms with Gasteiger partial charge in [-0.15, -0.1) is 5.10 Å². The van der Waals surface area contributed by atoms with Gasteiger partial charge in [-0.2, -0.15) is 5.10 Å². The van der Waals surface area contributed by atoms with Gasteiger partial charge in [-0.1, -0.05) is 0 Å². The van der Waals surface area contributed by atoms with Gasteiger partial charge >= 0.3 is 0 Å². The molecule has 5 nitrogen and oxygen atoms in total. The summed E-state index contributed by atoms with van der Waals surface area (Å²) in [5, 5.41) is 8.68. The van der Waals surface area contributed by atoms with Crippen molar-refractivity contribution in [2.24, 2.45) is 11.7 Å². The zero-order chi connectivity index (χ0) is 14.7. The second kappa shape index (κ2) is 6.50. The van der Waals surface area contributed by atoms with Gasteiger partial charge in [0.15, 0.2) is 5.82 Å². The number of nitrogens with zero attached hydrogens (tertiary/aromatic N) is 4. The van der Waals surface area contributed by atoms with E-state index in [9.17, 15) is 0 Å². The molecule has 0 saturated carbocycles. The first-order valence-electron chi connectivity index (χ1n) is 7.45. The summed E-state index contributed by atoms with van der Waals surface area (Å²) in [5.41, 5.74) is 9.25. The summed E-state index contributed by atoms with van der Waals surface area (Å²) in [6.45, 7) is 7.92. The molecule has 0 unspecified atom stereocenters. The molecule has 5 heteroatoms. The summed E-state index contributed by atoms with van der Waals surface area (Å²) in [7, 11) is 4.29. The Morgan fingerprint density at radius 2 is 1.85 bits per heavy atom. The Hall–Kier alpha value is -1.20. The van der Waals surface area contributed by atoms with E-state index in [0.29, 0.717) is 6.54 Å². The molecule has 0 amide bonds. The minimum absolute atomic E-state index is 0.537. The Kier molecular flexibility index (Phi) is 4.94. The predicted molar refractivity (Wildman–Crippen MR) is 82.9 cm³/mol. The van der Waals surface area contributed by atoms with Crippen molar-refractivity contribution >= 4 is 5.82 Å².